The van der Waals surface area contributed by atoms with E-state index in [2.05, 4.69) is 82.2 Å². The molecule has 35 heavy (non-hydrogen) atoms. The molecule has 4 heterocycles. The van der Waals surface area contributed by atoms with Crippen LogP contribution in [0.2, 0.25) is 0 Å². The number of allylic oxidation sites excluding steroid dienone is 10. The normalized spacial score (nSPS) is 13.7. The Hall–Kier alpha value is -1.88. The fourth-order valence-electron chi connectivity index (χ4n) is 2.92. The molecular weight excluding hydrogens is 580 g/mol. The van der Waals surface area contributed by atoms with Crippen LogP contribution in [0, 0.1) is 25.0 Å². The minimum atomic E-state index is 0. The van der Waals surface area contributed by atoms with Gasteiger partial charge in [0.2, 0.25) is 0 Å². The zero-order chi connectivity index (χ0) is 23.3. The quantitative estimate of drug-likeness (QED) is 0.158. The molecule has 0 amide bonds. The third kappa shape index (κ3) is 9.25. The fourth-order valence-corrected chi connectivity index (χ4v) is 5.63. The Labute approximate surface area is 243 Å². The van der Waals surface area contributed by atoms with E-state index in [-0.39, 0.29) is 26.2 Å². The van der Waals surface area contributed by atoms with Crippen LogP contribution in [0.4, 0.5) is 0 Å². The Bertz CT molecular complexity index is 1140. The van der Waals surface area contributed by atoms with Crippen LogP contribution in [0.1, 0.15) is 19.5 Å². The van der Waals surface area contributed by atoms with E-state index in [9.17, 15) is 0 Å². The van der Waals surface area contributed by atoms with Gasteiger partial charge in [0.25, 0.3) is 0 Å². The van der Waals surface area contributed by atoms with E-state index in [1.54, 1.807) is 45.3 Å². The van der Waals surface area contributed by atoms with Gasteiger partial charge in [-0.3, -0.25) is 0 Å². The molecule has 170 valence electrons. The second-order valence-electron chi connectivity index (χ2n) is 6.83. The second-order valence-corrected chi connectivity index (χ2v) is 10.6. The zero-order valence-corrected chi connectivity index (χ0v) is 24.6. The van der Waals surface area contributed by atoms with Crippen LogP contribution in [-0.2, 0) is 26.2 Å². The molecule has 0 aliphatic heterocycles. The largest absolute Gasteiger partial charge is 2.00 e. The first-order valence-electron chi connectivity index (χ1n) is 10.7. The van der Waals surface area contributed by atoms with Crippen molar-refractivity contribution in [2.45, 2.75) is 0 Å². The van der Waals surface area contributed by atoms with Crippen LogP contribution in [0.5, 0.6) is 0 Å². The first-order valence-corrected chi connectivity index (χ1v) is 14.2. The van der Waals surface area contributed by atoms with Gasteiger partial charge in [0, 0.05) is 12.8 Å². The van der Waals surface area contributed by atoms with Crippen LogP contribution in [0.15, 0.2) is 119 Å². The molecular formula is C30H22S4Zr. The summed E-state index contributed by atoms with van der Waals surface area (Å²) in [6.45, 7) is 0. The zero-order valence-electron chi connectivity index (χ0n) is 18.8. The Balaban J connectivity index is 0.000000258. The van der Waals surface area contributed by atoms with Crippen LogP contribution in [-0.4, -0.2) is 0 Å². The van der Waals surface area contributed by atoms with Crippen molar-refractivity contribution in [3.05, 3.63) is 163 Å². The molecule has 0 atom stereocenters. The average molecular weight is 602 g/mol. The molecule has 4 aromatic heterocycles. The summed E-state index contributed by atoms with van der Waals surface area (Å²) >= 11 is 6.90. The molecule has 0 unspecified atom stereocenters. The number of thiophene rings is 4. The summed E-state index contributed by atoms with van der Waals surface area (Å²) in [5.41, 5.74) is 2.23. The maximum Gasteiger partial charge on any atom is 2.00 e. The van der Waals surface area contributed by atoms with E-state index in [1.807, 2.05) is 61.4 Å². The van der Waals surface area contributed by atoms with Crippen LogP contribution >= 0.6 is 45.3 Å². The van der Waals surface area contributed by atoms with E-state index >= 15 is 0 Å². The Morgan fingerprint density at radius 2 is 0.829 bits per heavy atom. The molecule has 2 aliphatic carbocycles. The van der Waals surface area contributed by atoms with Gasteiger partial charge in [-0.2, -0.15) is 34.8 Å². The molecule has 0 saturated carbocycles. The Kier molecular flexibility index (Phi) is 12.7. The Morgan fingerprint density at radius 1 is 0.457 bits per heavy atom. The molecule has 6 rings (SSSR count). The summed E-state index contributed by atoms with van der Waals surface area (Å²) in [6, 6.07) is 16.8. The molecule has 0 saturated heterocycles. The van der Waals surface area contributed by atoms with Crippen molar-refractivity contribution in [2.24, 2.45) is 0 Å². The molecule has 0 spiro atoms. The van der Waals surface area contributed by atoms with Crippen molar-refractivity contribution < 1.29 is 26.2 Å². The number of hydrogen-bond acceptors (Lipinski definition) is 4. The third-order valence-corrected chi connectivity index (χ3v) is 7.78. The van der Waals surface area contributed by atoms with Gasteiger partial charge in [-0.1, -0.05) is 105 Å². The van der Waals surface area contributed by atoms with E-state index < -0.39 is 0 Å². The van der Waals surface area contributed by atoms with E-state index in [0.717, 1.165) is 20.9 Å². The van der Waals surface area contributed by atoms with E-state index in [1.165, 1.54) is 9.75 Å². The molecule has 0 aromatic carbocycles. The SMILES string of the molecule is [C-](=C(C(=[C-]c1cccs1)c1cccs1)c1cccs1)c1cccs1.[CH]1C=CC=C1.[CH]1C=CC=C1.[Zr+2]. The molecule has 0 fully saturated rings. The smallest absolute Gasteiger partial charge is 0.206 e. The summed E-state index contributed by atoms with van der Waals surface area (Å²) in [7, 11) is 0. The minimum Gasteiger partial charge on any atom is -0.206 e. The van der Waals surface area contributed by atoms with Crippen molar-refractivity contribution in [1.82, 2.24) is 0 Å². The van der Waals surface area contributed by atoms with Gasteiger partial charge in [0.1, 0.15) is 0 Å². The van der Waals surface area contributed by atoms with E-state index in [0.29, 0.717) is 0 Å². The summed E-state index contributed by atoms with van der Waals surface area (Å²) < 4.78 is 0. The molecule has 2 aliphatic rings. The topological polar surface area (TPSA) is 0 Å². The van der Waals surface area contributed by atoms with Crippen LogP contribution in [0.25, 0.3) is 11.1 Å². The maximum absolute atomic E-state index is 3.62. The van der Waals surface area contributed by atoms with Crippen LogP contribution < -0.4 is 0 Å². The predicted molar refractivity (Wildman–Crippen MR) is 154 cm³/mol. The standard InChI is InChI=1S/C20H12S4.2C5H5.Zr/c1-5-15(21-9-1)13-17(19-7-3-11-23-19)18(20-8-4-12-24-20)14-16-6-2-10-22-16;2*1-2-4-5-3-1;/h1-12H;2*1-5H;/q-2;;;+2. The first kappa shape index (κ1) is 27.7. The minimum absolute atomic E-state index is 0. The number of rotatable bonds is 5. The molecule has 2 radical (unpaired) electrons. The van der Waals surface area contributed by atoms with Crippen LogP contribution in [0.3, 0.4) is 0 Å². The maximum atomic E-state index is 3.62. The third-order valence-electron chi connectivity index (χ3n) is 4.44. The summed E-state index contributed by atoms with van der Waals surface area (Å²) in [6.07, 6.45) is 27.2. The van der Waals surface area contributed by atoms with Crippen molar-refractivity contribution in [2.75, 3.05) is 0 Å². The Morgan fingerprint density at radius 3 is 1.09 bits per heavy atom. The van der Waals surface area contributed by atoms with Gasteiger partial charge in [-0.15, -0.1) is 12.1 Å². The molecule has 0 nitrogen and oxygen atoms in total. The van der Waals surface area contributed by atoms with Crippen molar-refractivity contribution in [1.29, 1.82) is 0 Å². The average Bonchev–Trinajstić information content (AvgIpc) is 3.75. The number of hydrogen-bond donors (Lipinski definition) is 0. The summed E-state index contributed by atoms with van der Waals surface area (Å²) in [4.78, 5) is 4.72. The molecule has 4 aromatic rings. The van der Waals surface area contributed by atoms with Gasteiger partial charge >= 0.3 is 26.2 Å². The van der Waals surface area contributed by atoms with Crippen molar-refractivity contribution in [3.63, 3.8) is 0 Å². The second kappa shape index (κ2) is 16.0. The summed E-state index contributed by atoms with van der Waals surface area (Å²) in [5.74, 6) is 0. The molecule has 5 heteroatoms. The van der Waals surface area contributed by atoms with E-state index in [4.69, 9.17) is 0 Å². The van der Waals surface area contributed by atoms with Crippen molar-refractivity contribution >= 4 is 56.5 Å². The predicted octanol–water partition coefficient (Wildman–Crippen LogP) is 9.73. The van der Waals surface area contributed by atoms with Gasteiger partial charge < -0.3 is 0 Å². The van der Waals surface area contributed by atoms with Gasteiger partial charge in [0.15, 0.2) is 0 Å². The van der Waals surface area contributed by atoms with Crippen molar-refractivity contribution in [3.8, 4) is 0 Å². The van der Waals surface area contributed by atoms with Gasteiger partial charge in [0.05, 0.1) is 0 Å². The summed E-state index contributed by atoms with van der Waals surface area (Å²) in [5, 5.41) is 8.41. The molecule has 0 bridgehead atoms. The monoisotopic (exact) mass is 600 g/mol. The molecule has 0 N–H and O–H groups in total. The fraction of sp³-hybridized carbons (Fsp3) is 0. The van der Waals surface area contributed by atoms with Gasteiger partial charge in [-0.25, -0.2) is 33.8 Å². The first-order chi connectivity index (χ1) is 16.9. The van der Waals surface area contributed by atoms with Gasteiger partial charge in [-0.05, 0) is 21.5 Å².